The fraction of sp³-hybridized carbons (Fsp3) is 0.875. The van der Waals surface area contributed by atoms with Crippen molar-refractivity contribution in [2.45, 2.75) is 32.7 Å². The van der Waals surface area contributed by atoms with Crippen LogP contribution in [0, 0.1) is 17.8 Å². The average Bonchev–Trinajstić information content (AvgIpc) is 2.83. The van der Waals surface area contributed by atoms with E-state index >= 15 is 0 Å². The Hall–Kier alpha value is -0.850. The Morgan fingerprint density at radius 2 is 1.78 bits per heavy atom. The van der Waals surface area contributed by atoms with Gasteiger partial charge in [-0.25, -0.2) is 0 Å². The number of amides is 2. The Bertz CT molecular complexity index is 392. The minimum absolute atomic E-state index is 0. The zero-order chi connectivity index (χ0) is 16.1. The number of fused-ring (bicyclic) bond motifs is 1. The van der Waals surface area contributed by atoms with E-state index in [4.69, 9.17) is 4.74 Å². The molecular weight excluding hydrogens is 318 g/mol. The molecule has 2 N–H and O–H groups in total. The van der Waals surface area contributed by atoms with E-state index in [2.05, 4.69) is 10.6 Å². The quantitative estimate of drug-likeness (QED) is 0.766. The van der Waals surface area contributed by atoms with Gasteiger partial charge < -0.3 is 20.3 Å². The van der Waals surface area contributed by atoms with Crippen molar-refractivity contribution < 1.29 is 14.3 Å². The van der Waals surface area contributed by atoms with Crippen LogP contribution >= 0.6 is 12.4 Å². The molecule has 23 heavy (non-hydrogen) atoms. The van der Waals surface area contributed by atoms with Crippen molar-refractivity contribution in [3.8, 4) is 0 Å². The second kappa shape index (κ2) is 9.45. The van der Waals surface area contributed by atoms with Crippen molar-refractivity contribution in [2.75, 3.05) is 39.9 Å². The highest BCUT2D eigenvalue weighted by Crippen LogP contribution is 2.27. The van der Waals surface area contributed by atoms with Gasteiger partial charge >= 0.3 is 0 Å². The summed E-state index contributed by atoms with van der Waals surface area (Å²) in [7, 11) is 1.48. The van der Waals surface area contributed by atoms with Crippen LogP contribution in [0.15, 0.2) is 0 Å². The number of carbonyl (C=O) groups is 2. The van der Waals surface area contributed by atoms with Gasteiger partial charge in [0.2, 0.25) is 11.8 Å². The molecule has 2 fully saturated rings. The molecule has 134 valence electrons. The van der Waals surface area contributed by atoms with Gasteiger partial charge in [-0.3, -0.25) is 9.59 Å². The van der Waals surface area contributed by atoms with Crippen molar-refractivity contribution in [3.05, 3.63) is 0 Å². The van der Waals surface area contributed by atoms with Crippen LogP contribution in [0.4, 0.5) is 0 Å². The third-order valence-corrected chi connectivity index (χ3v) is 4.86. The Morgan fingerprint density at radius 3 is 2.26 bits per heavy atom. The van der Waals surface area contributed by atoms with Gasteiger partial charge in [0.05, 0.1) is 0 Å². The van der Waals surface area contributed by atoms with Crippen LogP contribution in [-0.4, -0.2) is 62.7 Å². The minimum Gasteiger partial charge on any atom is -0.375 e. The van der Waals surface area contributed by atoms with E-state index in [-0.39, 0.29) is 36.7 Å². The van der Waals surface area contributed by atoms with E-state index in [1.807, 2.05) is 18.7 Å². The standard InChI is InChI=1S/C16H29N3O3.ClH/c1-11(2)15(18-14(20)10-22-3)16(21)19-6-4-12-8-17-9-13(12)5-7-19;/h11-13,15,17H,4-10H2,1-3H3,(H,18,20);1H/t12-,13+,15-;/m0./s1. The monoisotopic (exact) mass is 347 g/mol. The Morgan fingerprint density at radius 1 is 1.22 bits per heavy atom. The first-order valence-corrected chi connectivity index (χ1v) is 8.30. The lowest BCUT2D eigenvalue weighted by Gasteiger charge is -2.29. The molecule has 0 bridgehead atoms. The van der Waals surface area contributed by atoms with Crippen molar-refractivity contribution in [1.29, 1.82) is 0 Å². The number of halogens is 1. The molecule has 7 heteroatoms. The van der Waals surface area contributed by atoms with Gasteiger partial charge in [0.15, 0.2) is 0 Å². The summed E-state index contributed by atoms with van der Waals surface area (Å²) in [4.78, 5) is 26.5. The molecule has 0 spiro atoms. The second-order valence-corrected chi connectivity index (χ2v) is 6.80. The van der Waals surface area contributed by atoms with Crippen LogP contribution in [-0.2, 0) is 14.3 Å². The van der Waals surface area contributed by atoms with E-state index in [9.17, 15) is 9.59 Å². The molecule has 0 aliphatic carbocycles. The molecule has 3 atom stereocenters. The number of methoxy groups -OCH3 is 1. The first-order valence-electron chi connectivity index (χ1n) is 8.30. The molecule has 2 aliphatic heterocycles. The summed E-state index contributed by atoms with van der Waals surface area (Å²) in [5, 5.41) is 6.26. The maximum Gasteiger partial charge on any atom is 0.246 e. The fourth-order valence-electron chi connectivity index (χ4n) is 3.49. The van der Waals surface area contributed by atoms with Gasteiger partial charge in [0.25, 0.3) is 0 Å². The summed E-state index contributed by atoms with van der Waals surface area (Å²) in [6, 6.07) is -0.460. The zero-order valence-electron chi connectivity index (χ0n) is 14.3. The van der Waals surface area contributed by atoms with Gasteiger partial charge in [0, 0.05) is 20.2 Å². The molecule has 0 aromatic heterocycles. The Labute approximate surface area is 145 Å². The van der Waals surface area contributed by atoms with E-state index in [1.54, 1.807) is 0 Å². The molecule has 2 aliphatic rings. The van der Waals surface area contributed by atoms with E-state index in [1.165, 1.54) is 7.11 Å². The van der Waals surface area contributed by atoms with E-state index < -0.39 is 6.04 Å². The zero-order valence-corrected chi connectivity index (χ0v) is 15.2. The van der Waals surface area contributed by atoms with Crippen LogP contribution < -0.4 is 10.6 Å². The number of hydrogen-bond donors (Lipinski definition) is 2. The van der Waals surface area contributed by atoms with Crippen LogP contribution in [0.2, 0.25) is 0 Å². The first kappa shape index (κ1) is 20.2. The summed E-state index contributed by atoms with van der Waals surface area (Å²) >= 11 is 0. The highest BCUT2D eigenvalue weighted by Gasteiger charge is 2.34. The normalized spacial score (nSPS) is 25.3. The maximum absolute atomic E-state index is 12.8. The maximum atomic E-state index is 12.8. The van der Waals surface area contributed by atoms with Gasteiger partial charge in [0.1, 0.15) is 12.6 Å². The smallest absolute Gasteiger partial charge is 0.246 e. The second-order valence-electron chi connectivity index (χ2n) is 6.80. The predicted molar refractivity (Wildman–Crippen MR) is 91.6 cm³/mol. The molecule has 2 heterocycles. The van der Waals surface area contributed by atoms with Crippen LogP contribution in [0.1, 0.15) is 26.7 Å². The van der Waals surface area contributed by atoms with E-state index in [0.717, 1.165) is 39.0 Å². The molecule has 0 aromatic carbocycles. The number of nitrogens with zero attached hydrogens (tertiary/aromatic N) is 1. The third-order valence-electron chi connectivity index (χ3n) is 4.86. The molecule has 2 saturated heterocycles. The Balaban J connectivity index is 0.00000264. The summed E-state index contributed by atoms with van der Waals surface area (Å²) in [5.74, 6) is 1.27. The lowest BCUT2D eigenvalue weighted by molar-refractivity contribution is -0.138. The van der Waals surface area contributed by atoms with Gasteiger partial charge in [-0.2, -0.15) is 0 Å². The Kier molecular flexibility index (Phi) is 8.29. The molecule has 0 unspecified atom stereocenters. The molecule has 0 aromatic rings. The summed E-state index contributed by atoms with van der Waals surface area (Å²) in [6.07, 6.45) is 2.11. The average molecular weight is 348 g/mol. The van der Waals surface area contributed by atoms with E-state index in [0.29, 0.717) is 11.8 Å². The highest BCUT2D eigenvalue weighted by molar-refractivity contribution is 5.88. The van der Waals surface area contributed by atoms with Crippen molar-refractivity contribution in [2.24, 2.45) is 17.8 Å². The number of rotatable bonds is 5. The molecule has 6 nitrogen and oxygen atoms in total. The minimum atomic E-state index is -0.460. The van der Waals surface area contributed by atoms with Crippen LogP contribution in [0.5, 0.6) is 0 Å². The lowest BCUT2D eigenvalue weighted by atomic mass is 9.92. The molecule has 0 saturated carbocycles. The van der Waals surface area contributed by atoms with Crippen LogP contribution in [0.25, 0.3) is 0 Å². The molecule has 2 amide bonds. The number of ether oxygens (including phenoxy) is 1. The number of nitrogens with one attached hydrogen (secondary N) is 2. The predicted octanol–water partition coefficient (Wildman–Crippen LogP) is 0.653. The molecule has 0 radical (unpaired) electrons. The molecule has 2 rings (SSSR count). The van der Waals surface area contributed by atoms with Crippen molar-refractivity contribution in [1.82, 2.24) is 15.5 Å². The first-order chi connectivity index (χ1) is 10.5. The van der Waals surface area contributed by atoms with Crippen molar-refractivity contribution >= 4 is 24.2 Å². The van der Waals surface area contributed by atoms with Gasteiger partial charge in [-0.1, -0.05) is 13.8 Å². The SMILES string of the molecule is COCC(=O)N[C@H](C(=O)N1CC[C@@H]2CNC[C@@H]2CC1)C(C)C.Cl. The third kappa shape index (κ3) is 5.33. The summed E-state index contributed by atoms with van der Waals surface area (Å²) in [5.41, 5.74) is 0. The topological polar surface area (TPSA) is 70.7 Å². The summed E-state index contributed by atoms with van der Waals surface area (Å²) < 4.78 is 4.84. The number of carbonyl (C=O) groups excluding carboxylic acids is 2. The summed E-state index contributed by atoms with van der Waals surface area (Å²) in [6.45, 7) is 7.66. The largest absolute Gasteiger partial charge is 0.375 e. The van der Waals surface area contributed by atoms with Gasteiger partial charge in [-0.05, 0) is 43.7 Å². The number of likely N-dealkylation sites (tertiary alicyclic amines) is 1. The van der Waals surface area contributed by atoms with Gasteiger partial charge in [-0.15, -0.1) is 12.4 Å². The van der Waals surface area contributed by atoms with Crippen molar-refractivity contribution in [3.63, 3.8) is 0 Å². The lowest BCUT2D eigenvalue weighted by Crippen LogP contribution is -2.52. The highest BCUT2D eigenvalue weighted by atomic mass is 35.5. The van der Waals surface area contributed by atoms with Crippen LogP contribution in [0.3, 0.4) is 0 Å². The number of hydrogen-bond acceptors (Lipinski definition) is 4. The fourth-order valence-corrected chi connectivity index (χ4v) is 3.49. The molecular formula is C16H30ClN3O3.